The first kappa shape index (κ1) is 22.5. The molecule has 4 aromatic rings. The van der Waals surface area contributed by atoms with Crippen molar-refractivity contribution in [1.82, 2.24) is 10.3 Å². The van der Waals surface area contributed by atoms with Crippen LogP contribution in [0.25, 0.3) is 10.6 Å². The number of hydrogen-bond donors (Lipinski definition) is 3. The van der Waals surface area contributed by atoms with Crippen LogP contribution in [0.15, 0.2) is 76.7 Å². The lowest BCUT2D eigenvalue weighted by atomic mass is 10.0. The maximum atomic E-state index is 12.9. The second kappa shape index (κ2) is 9.25. The first-order valence-electron chi connectivity index (χ1n) is 11.4. The van der Waals surface area contributed by atoms with E-state index >= 15 is 0 Å². The van der Waals surface area contributed by atoms with Gasteiger partial charge in [0.15, 0.2) is 0 Å². The third-order valence-corrected chi connectivity index (χ3v) is 8.26. The number of nitrogens with one attached hydrogen (secondary N) is 3. The Hall–Kier alpha value is -3.95. The maximum absolute atomic E-state index is 12.9. The molecular weight excluding hydrogens is 492 g/mol. The maximum Gasteiger partial charge on any atom is 0.256 e. The second-order valence-corrected chi connectivity index (χ2v) is 10.7. The van der Waals surface area contributed by atoms with Crippen LogP contribution in [0.5, 0.6) is 0 Å². The highest BCUT2D eigenvalue weighted by Gasteiger charge is 2.21. The molecule has 6 rings (SSSR count). The molecule has 3 heterocycles. The molecule has 0 aliphatic carbocycles. The minimum atomic E-state index is -0.224. The average molecular weight is 513 g/mol. The van der Waals surface area contributed by atoms with Gasteiger partial charge in [-0.15, -0.1) is 11.3 Å². The summed E-state index contributed by atoms with van der Waals surface area (Å²) in [5.74, 6) is -0.363. The number of carbonyl (C=O) groups is 3. The van der Waals surface area contributed by atoms with Gasteiger partial charge in [0, 0.05) is 44.1 Å². The summed E-state index contributed by atoms with van der Waals surface area (Å²) in [6, 6.07) is 18.7. The molecule has 3 amide bonds. The molecule has 1 aromatic heterocycles. The number of rotatable bonds is 4. The highest BCUT2D eigenvalue weighted by atomic mass is 32.2. The zero-order chi connectivity index (χ0) is 24.6. The van der Waals surface area contributed by atoms with E-state index in [2.05, 4.69) is 27.0 Å². The number of nitrogens with zero attached hydrogens (tertiary/aromatic N) is 1. The first-order chi connectivity index (χ1) is 17.5. The van der Waals surface area contributed by atoms with Crippen molar-refractivity contribution >= 4 is 52.2 Å². The summed E-state index contributed by atoms with van der Waals surface area (Å²) in [6.45, 7) is 0.348. The van der Waals surface area contributed by atoms with Crippen LogP contribution in [0.2, 0.25) is 0 Å². The molecule has 9 heteroatoms. The molecule has 7 nitrogen and oxygen atoms in total. The number of aryl methyl sites for hydroxylation is 1. The molecule has 0 saturated heterocycles. The van der Waals surface area contributed by atoms with Gasteiger partial charge in [-0.1, -0.05) is 23.9 Å². The van der Waals surface area contributed by atoms with Gasteiger partial charge < -0.3 is 16.0 Å². The van der Waals surface area contributed by atoms with Crippen molar-refractivity contribution in [2.45, 2.75) is 29.2 Å². The van der Waals surface area contributed by atoms with Gasteiger partial charge in [0.2, 0.25) is 5.91 Å². The number of carbonyl (C=O) groups excluding carboxylic acids is 3. The van der Waals surface area contributed by atoms with Gasteiger partial charge in [-0.3, -0.25) is 14.4 Å². The fourth-order valence-corrected chi connectivity index (χ4v) is 6.08. The van der Waals surface area contributed by atoms with E-state index < -0.39 is 0 Å². The molecule has 0 unspecified atom stereocenters. The summed E-state index contributed by atoms with van der Waals surface area (Å²) in [5.41, 5.74) is 4.67. The molecule has 0 bridgehead atoms. The molecule has 0 spiro atoms. The summed E-state index contributed by atoms with van der Waals surface area (Å²) in [6.07, 6.45) is 2.98. The van der Waals surface area contributed by atoms with E-state index in [9.17, 15) is 14.4 Å². The SMILES string of the molecule is O=C1CCc2cc(-c3ncc(CNC(=O)c4ccc5c(c4)NC(=O)c4ccccc4S5)s3)ccc2N1. The third kappa shape index (κ3) is 4.38. The van der Waals surface area contributed by atoms with Crippen molar-refractivity contribution < 1.29 is 14.4 Å². The summed E-state index contributed by atoms with van der Waals surface area (Å²) < 4.78 is 0. The Morgan fingerprint density at radius 2 is 1.83 bits per heavy atom. The number of amides is 3. The van der Waals surface area contributed by atoms with Gasteiger partial charge in [-0.25, -0.2) is 4.98 Å². The molecule has 0 saturated carbocycles. The van der Waals surface area contributed by atoms with E-state index in [1.54, 1.807) is 24.4 Å². The number of hydrogen-bond acceptors (Lipinski definition) is 6. The Morgan fingerprint density at radius 3 is 2.75 bits per heavy atom. The Kier molecular flexibility index (Phi) is 5.79. The van der Waals surface area contributed by atoms with Crippen LogP contribution in [0, 0.1) is 0 Å². The predicted octanol–water partition coefficient (Wildman–Crippen LogP) is 5.34. The number of anilines is 2. The van der Waals surface area contributed by atoms with Gasteiger partial charge in [-0.05, 0) is 60.5 Å². The Morgan fingerprint density at radius 1 is 0.944 bits per heavy atom. The quantitative estimate of drug-likeness (QED) is 0.343. The Bertz CT molecular complexity index is 1550. The van der Waals surface area contributed by atoms with E-state index in [0.29, 0.717) is 29.8 Å². The van der Waals surface area contributed by atoms with Crippen molar-refractivity contribution in [2.75, 3.05) is 10.6 Å². The second-order valence-electron chi connectivity index (χ2n) is 8.50. The van der Waals surface area contributed by atoms with E-state index in [-0.39, 0.29) is 17.7 Å². The first-order valence-corrected chi connectivity index (χ1v) is 13.0. The smallest absolute Gasteiger partial charge is 0.256 e. The minimum absolute atomic E-state index is 0.0447. The molecule has 36 heavy (non-hydrogen) atoms. The van der Waals surface area contributed by atoms with Crippen LogP contribution in [-0.4, -0.2) is 22.7 Å². The summed E-state index contributed by atoms with van der Waals surface area (Å²) >= 11 is 3.02. The van der Waals surface area contributed by atoms with Crippen LogP contribution < -0.4 is 16.0 Å². The number of thiazole rings is 1. The van der Waals surface area contributed by atoms with Gasteiger partial charge in [0.05, 0.1) is 17.8 Å². The molecule has 178 valence electrons. The fourth-order valence-electron chi connectivity index (χ4n) is 4.22. The largest absolute Gasteiger partial charge is 0.347 e. The van der Waals surface area contributed by atoms with Crippen molar-refractivity contribution in [3.63, 3.8) is 0 Å². The molecule has 3 N–H and O–H groups in total. The monoisotopic (exact) mass is 512 g/mol. The van der Waals surface area contributed by atoms with Crippen LogP contribution in [-0.2, 0) is 17.8 Å². The normalized spacial score (nSPS) is 14.0. The third-order valence-electron chi connectivity index (χ3n) is 6.07. The number of fused-ring (bicyclic) bond motifs is 3. The molecular formula is C27H20N4O3S2. The van der Waals surface area contributed by atoms with E-state index in [0.717, 1.165) is 42.9 Å². The van der Waals surface area contributed by atoms with Crippen LogP contribution in [0.4, 0.5) is 11.4 Å². The molecule has 2 aliphatic rings. The van der Waals surface area contributed by atoms with Crippen molar-refractivity contribution in [3.8, 4) is 10.6 Å². The molecule has 3 aromatic carbocycles. The van der Waals surface area contributed by atoms with Crippen molar-refractivity contribution in [1.29, 1.82) is 0 Å². The number of benzene rings is 3. The molecule has 0 radical (unpaired) electrons. The fraction of sp³-hybridized carbons (Fsp3) is 0.111. The average Bonchev–Trinajstić information content (AvgIpc) is 3.31. The summed E-state index contributed by atoms with van der Waals surface area (Å²) in [7, 11) is 0. The summed E-state index contributed by atoms with van der Waals surface area (Å²) in [4.78, 5) is 44.3. The van der Waals surface area contributed by atoms with Crippen LogP contribution >= 0.6 is 23.1 Å². The van der Waals surface area contributed by atoms with E-state index in [1.807, 2.05) is 36.4 Å². The van der Waals surface area contributed by atoms with E-state index in [1.165, 1.54) is 23.1 Å². The molecule has 0 fully saturated rings. The predicted molar refractivity (Wildman–Crippen MR) is 141 cm³/mol. The lowest BCUT2D eigenvalue weighted by molar-refractivity contribution is -0.116. The topological polar surface area (TPSA) is 100 Å². The lowest BCUT2D eigenvalue weighted by Crippen LogP contribution is -2.22. The zero-order valence-corrected chi connectivity index (χ0v) is 20.6. The Labute approximate surface area is 215 Å². The van der Waals surface area contributed by atoms with Crippen molar-refractivity contribution in [3.05, 3.63) is 88.4 Å². The van der Waals surface area contributed by atoms with Crippen LogP contribution in [0.3, 0.4) is 0 Å². The van der Waals surface area contributed by atoms with Gasteiger partial charge in [0.1, 0.15) is 5.01 Å². The lowest BCUT2D eigenvalue weighted by Gasteiger charge is -2.17. The molecule has 0 atom stereocenters. The van der Waals surface area contributed by atoms with Crippen LogP contribution in [0.1, 0.15) is 37.6 Å². The zero-order valence-electron chi connectivity index (χ0n) is 19.0. The van der Waals surface area contributed by atoms with Gasteiger partial charge in [-0.2, -0.15) is 0 Å². The number of aromatic nitrogens is 1. The Balaban J connectivity index is 1.14. The summed E-state index contributed by atoms with van der Waals surface area (Å²) in [5, 5.41) is 9.63. The molecule has 2 aliphatic heterocycles. The standard InChI is InChI=1S/C27H20N4O3S2/c32-24-10-7-15-11-17(5-8-20(15)30-24)27-29-14-18(35-27)13-28-25(33)16-6-9-23-21(12-16)31-26(34)19-3-1-2-4-22(19)36-23/h1-6,8-9,11-12,14H,7,10,13H2,(H,28,33)(H,30,32)(H,31,34). The van der Waals surface area contributed by atoms with E-state index in [4.69, 9.17) is 0 Å². The van der Waals surface area contributed by atoms with Gasteiger partial charge >= 0.3 is 0 Å². The minimum Gasteiger partial charge on any atom is -0.347 e. The highest BCUT2D eigenvalue weighted by molar-refractivity contribution is 7.99. The van der Waals surface area contributed by atoms with Crippen molar-refractivity contribution in [2.24, 2.45) is 0 Å². The highest BCUT2D eigenvalue weighted by Crippen LogP contribution is 2.39. The van der Waals surface area contributed by atoms with Gasteiger partial charge in [0.25, 0.3) is 11.8 Å².